The van der Waals surface area contributed by atoms with Gasteiger partial charge in [0.25, 0.3) is 0 Å². The predicted octanol–water partition coefficient (Wildman–Crippen LogP) is 1.98. The average Bonchev–Trinajstić information content (AvgIpc) is 2.89. The first-order valence-corrected chi connectivity index (χ1v) is 6.60. The molecule has 1 heterocycles. The van der Waals surface area contributed by atoms with Gasteiger partial charge >= 0.3 is 11.9 Å². The summed E-state index contributed by atoms with van der Waals surface area (Å²) in [6.45, 7) is 2.17. The minimum Gasteiger partial charge on any atom is -0.465 e. The van der Waals surface area contributed by atoms with E-state index in [1.807, 2.05) is 13.0 Å². The smallest absolute Gasteiger partial charge is 0.316 e. The first-order valence-electron chi connectivity index (χ1n) is 6.60. The van der Waals surface area contributed by atoms with Gasteiger partial charge in [-0.15, -0.1) is 0 Å². The third-order valence-corrected chi connectivity index (χ3v) is 4.43. The van der Waals surface area contributed by atoms with E-state index < -0.39 is 11.0 Å². The van der Waals surface area contributed by atoms with Gasteiger partial charge < -0.3 is 9.47 Å². The van der Waals surface area contributed by atoms with Crippen molar-refractivity contribution in [2.45, 2.75) is 44.6 Å². The molecular formula is C14H18O4. The number of ether oxygens (including phenoxy) is 2. The molecule has 4 heteroatoms. The highest BCUT2D eigenvalue weighted by Gasteiger charge is 2.50. The summed E-state index contributed by atoms with van der Waals surface area (Å²) in [6, 6.07) is 0. The minimum absolute atomic E-state index is 0.157. The fourth-order valence-electron chi connectivity index (χ4n) is 3.24. The number of fused-ring (bicyclic) bond motifs is 2. The molecule has 3 rings (SSSR count). The summed E-state index contributed by atoms with van der Waals surface area (Å²) in [7, 11) is 0. The molecule has 0 spiro atoms. The molecule has 1 saturated heterocycles. The van der Waals surface area contributed by atoms with Crippen molar-refractivity contribution >= 4 is 11.9 Å². The van der Waals surface area contributed by atoms with Gasteiger partial charge in [0.1, 0.15) is 5.60 Å². The van der Waals surface area contributed by atoms with Crippen LogP contribution in [0, 0.1) is 11.3 Å². The van der Waals surface area contributed by atoms with Gasteiger partial charge in [0.15, 0.2) is 0 Å². The lowest BCUT2D eigenvalue weighted by atomic mass is 9.87. The van der Waals surface area contributed by atoms with Gasteiger partial charge in [-0.25, -0.2) is 0 Å². The van der Waals surface area contributed by atoms with Gasteiger partial charge in [-0.3, -0.25) is 9.59 Å². The van der Waals surface area contributed by atoms with Crippen LogP contribution in [0.1, 0.15) is 39.0 Å². The largest absolute Gasteiger partial charge is 0.465 e. The number of rotatable bonds is 2. The molecule has 3 unspecified atom stereocenters. The third kappa shape index (κ3) is 1.84. The van der Waals surface area contributed by atoms with E-state index in [9.17, 15) is 9.59 Å². The van der Waals surface area contributed by atoms with Crippen molar-refractivity contribution in [3.05, 3.63) is 12.2 Å². The highest BCUT2D eigenvalue weighted by Crippen LogP contribution is 2.50. The summed E-state index contributed by atoms with van der Waals surface area (Å²) in [4.78, 5) is 23.7. The number of allylic oxidation sites excluding steroid dienone is 1. The summed E-state index contributed by atoms with van der Waals surface area (Å²) in [5.74, 6) is 0.109. The standard InChI is InChI=1S/C14H18O4/c1-13(6-7-17-11(15)9-13)18-12(16)14-4-2-10(8-14)3-5-14/h2,4,10H,3,5-9H2,1H3. The topological polar surface area (TPSA) is 52.6 Å². The molecule has 0 amide bonds. The van der Waals surface area contributed by atoms with Crippen LogP contribution in [0.15, 0.2) is 12.2 Å². The van der Waals surface area contributed by atoms with Crippen molar-refractivity contribution in [3.8, 4) is 0 Å². The number of cyclic esters (lactones) is 1. The van der Waals surface area contributed by atoms with Crippen LogP contribution in [0.4, 0.5) is 0 Å². The summed E-state index contributed by atoms with van der Waals surface area (Å²) in [5.41, 5.74) is -1.09. The van der Waals surface area contributed by atoms with Gasteiger partial charge in [0.2, 0.25) is 0 Å². The first-order chi connectivity index (χ1) is 8.51. The Balaban J connectivity index is 1.71. The second-order valence-electron chi connectivity index (χ2n) is 6.00. The van der Waals surface area contributed by atoms with Gasteiger partial charge in [-0.1, -0.05) is 12.2 Å². The van der Waals surface area contributed by atoms with Crippen LogP contribution in [0.25, 0.3) is 0 Å². The molecule has 4 nitrogen and oxygen atoms in total. The molecule has 0 radical (unpaired) electrons. The fourth-order valence-corrected chi connectivity index (χ4v) is 3.24. The minimum atomic E-state index is -0.685. The predicted molar refractivity (Wildman–Crippen MR) is 63.6 cm³/mol. The Morgan fingerprint density at radius 1 is 1.50 bits per heavy atom. The van der Waals surface area contributed by atoms with Crippen LogP contribution < -0.4 is 0 Å². The van der Waals surface area contributed by atoms with Gasteiger partial charge in [0, 0.05) is 6.42 Å². The van der Waals surface area contributed by atoms with Crippen LogP contribution in [0.2, 0.25) is 0 Å². The normalized spacial score (nSPS) is 41.8. The van der Waals surface area contributed by atoms with Gasteiger partial charge in [-0.2, -0.15) is 0 Å². The monoisotopic (exact) mass is 250 g/mol. The van der Waals surface area contributed by atoms with Crippen LogP contribution in [-0.4, -0.2) is 24.1 Å². The molecular weight excluding hydrogens is 232 g/mol. The SMILES string of the molecule is CC1(OC(=O)C23C=CC(CC2)C3)CCOC(=O)C1. The molecule has 1 saturated carbocycles. The summed E-state index contributed by atoms with van der Waals surface area (Å²) < 4.78 is 10.6. The van der Waals surface area contributed by atoms with Gasteiger partial charge in [-0.05, 0) is 32.1 Å². The lowest BCUT2D eigenvalue weighted by Gasteiger charge is -2.35. The second kappa shape index (κ2) is 3.84. The Bertz CT molecular complexity index is 428. The quantitative estimate of drug-likeness (QED) is 0.555. The van der Waals surface area contributed by atoms with Crippen molar-refractivity contribution in [2.75, 3.05) is 6.61 Å². The molecule has 18 heavy (non-hydrogen) atoms. The number of carbonyl (C=O) groups is 2. The lowest BCUT2D eigenvalue weighted by Crippen LogP contribution is -2.43. The van der Waals surface area contributed by atoms with E-state index in [1.54, 1.807) is 0 Å². The maximum Gasteiger partial charge on any atom is 0.316 e. The van der Waals surface area contributed by atoms with E-state index in [0.29, 0.717) is 18.9 Å². The van der Waals surface area contributed by atoms with Crippen molar-refractivity contribution in [1.29, 1.82) is 0 Å². The summed E-state index contributed by atoms with van der Waals surface area (Å²) >= 11 is 0. The molecule has 3 aliphatic rings. The third-order valence-electron chi connectivity index (χ3n) is 4.43. The van der Waals surface area contributed by atoms with E-state index in [-0.39, 0.29) is 18.4 Å². The molecule has 2 fully saturated rings. The molecule has 0 aromatic heterocycles. The Morgan fingerprint density at radius 3 is 2.89 bits per heavy atom. The first kappa shape index (κ1) is 11.8. The highest BCUT2D eigenvalue weighted by atomic mass is 16.6. The molecule has 98 valence electrons. The Labute approximate surface area is 106 Å². The van der Waals surface area contributed by atoms with Crippen LogP contribution in [0.3, 0.4) is 0 Å². The van der Waals surface area contributed by atoms with Crippen LogP contribution in [-0.2, 0) is 19.1 Å². The van der Waals surface area contributed by atoms with Crippen molar-refractivity contribution < 1.29 is 19.1 Å². The number of hydrogen-bond donors (Lipinski definition) is 0. The second-order valence-corrected chi connectivity index (χ2v) is 6.00. The van der Waals surface area contributed by atoms with E-state index in [4.69, 9.17) is 9.47 Å². The number of hydrogen-bond acceptors (Lipinski definition) is 4. The zero-order valence-electron chi connectivity index (χ0n) is 10.6. The zero-order chi connectivity index (χ0) is 12.8. The van der Waals surface area contributed by atoms with E-state index in [2.05, 4.69) is 6.08 Å². The summed E-state index contributed by atoms with van der Waals surface area (Å²) in [5, 5.41) is 0. The van der Waals surface area contributed by atoms with E-state index in [0.717, 1.165) is 19.3 Å². The van der Waals surface area contributed by atoms with Crippen molar-refractivity contribution in [3.63, 3.8) is 0 Å². The highest BCUT2D eigenvalue weighted by molar-refractivity contribution is 5.81. The molecule has 2 bridgehead atoms. The Morgan fingerprint density at radius 2 is 2.33 bits per heavy atom. The molecule has 3 atom stereocenters. The molecule has 0 aromatic carbocycles. The fraction of sp³-hybridized carbons (Fsp3) is 0.714. The number of esters is 2. The van der Waals surface area contributed by atoms with Gasteiger partial charge in [0.05, 0.1) is 18.4 Å². The van der Waals surface area contributed by atoms with E-state index in [1.165, 1.54) is 0 Å². The molecule has 0 N–H and O–H groups in total. The Hall–Kier alpha value is -1.32. The average molecular weight is 250 g/mol. The Kier molecular flexibility index (Phi) is 2.50. The van der Waals surface area contributed by atoms with E-state index >= 15 is 0 Å². The maximum atomic E-state index is 12.4. The molecule has 2 aliphatic carbocycles. The van der Waals surface area contributed by atoms with Crippen molar-refractivity contribution in [2.24, 2.45) is 11.3 Å². The lowest BCUT2D eigenvalue weighted by molar-refractivity contribution is -0.181. The maximum absolute atomic E-state index is 12.4. The van der Waals surface area contributed by atoms with Crippen LogP contribution >= 0.6 is 0 Å². The summed E-state index contributed by atoms with van der Waals surface area (Å²) in [6.07, 6.45) is 7.73. The zero-order valence-corrected chi connectivity index (χ0v) is 10.6. The van der Waals surface area contributed by atoms with Crippen molar-refractivity contribution in [1.82, 2.24) is 0 Å². The molecule has 0 aromatic rings. The number of carbonyl (C=O) groups excluding carboxylic acids is 2. The van der Waals surface area contributed by atoms with Crippen LogP contribution in [0.5, 0.6) is 0 Å². The molecule has 1 aliphatic heterocycles.